The molecule has 1 fully saturated rings. The highest BCUT2D eigenvalue weighted by molar-refractivity contribution is 5.78. The van der Waals surface area contributed by atoms with Crippen LogP contribution in [0.4, 0.5) is 0 Å². The van der Waals surface area contributed by atoms with Crippen molar-refractivity contribution >= 4 is 5.97 Å². The van der Waals surface area contributed by atoms with Crippen molar-refractivity contribution in [3.05, 3.63) is 35.9 Å². The van der Waals surface area contributed by atoms with Gasteiger partial charge in [0.2, 0.25) is 0 Å². The number of carbonyl (C=O) groups is 1. The van der Waals surface area contributed by atoms with E-state index in [0.717, 1.165) is 31.2 Å². The minimum atomic E-state index is -0.530. The van der Waals surface area contributed by atoms with Crippen LogP contribution in [0.3, 0.4) is 0 Å². The Labute approximate surface area is 95.0 Å². The second-order valence-electron chi connectivity index (χ2n) is 4.34. The molecule has 1 aliphatic rings. The van der Waals surface area contributed by atoms with Crippen molar-refractivity contribution < 1.29 is 14.9 Å². The third kappa shape index (κ3) is 2.25. The first-order valence-electron chi connectivity index (χ1n) is 5.73. The summed E-state index contributed by atoms with van der Waals surface area (Å²) in [6, 6.07) is 9.56. The quantitative estimate of drug-likeness (QED) is 0.629. The van der Waals surface area contributed by atoms with Crippen molar-refractivity contribution in [1.82, 2.24) is 0 Å². The lowest BCUT2D eigenvalue weighted by Crippen LogP contribution is -2.21. The lowest BCUT2D eigenvalue weighted by molar-refractivity contribution is -0.237. The highest BCUT2D eigenvalue weighted by Gasteiger charge is 2.33. The van der Waals surface area contributed by atoms with E-state index in [1.54, 1.807) is 0 Å². The number of rotatable bonds is 3. The number of benzene rings is 1. The van der Waals surface area contributed by atoms with Gasteiger partial charge in [0, 0.05) is 0 Å². The zero-order chi connectivity index (χ0) is 11.4. The zero-order valence-electron chi connectivity index (χ0n) is 9.13. The third-order valence-corrected chi connectivity index (χ3v) is 3.37. The number of carbonyl (C=O) groups excluding carboxylic acids is 1. The second-order valence-corrected chi connectivity index (χ2v) is 4.34. The Morgan fingerprint density at radius 1 is 1.25 bits per heavy atom. The molecule has 0 saturated heterocycles. The van der Waals surface area contributed by atoms with Gasteiger partial charge in [0.25, 0.3) is 0 Å². The fourth-order valence-electron chi connectivity index (χ4n) is 2.61. The molecule has 3 nitrogen and oxygen atoms in total. The standard InChI is InChI=1S/C13H16O3/c14-13(16-15)12(11-8-4-5-9-11)10-6-2-1-3-7-10/h1-3,6-7,11-12,15H,4-5,8-9H2/t12-/m0/s1. The minimum absolute atomic E-state index is 0.307. The fraction of sp³-hybridized carbons (Fsp3) is 0.462. The normalized spacial score (nSPS) is 18.3. The van der Waals surface area contributed by atoms with Crippen LogP contribution in [-0.2, 0) is 9.68 Å². The average molecular weight is 220 g/mol. The Hall–Kier alpha value is -1.35. The highest BCUT2D eigenvalue weighted by Crippen LogP contribution is 2.37. The maximum absolute atomic E-state index is 11.6. The molecule has 1 aliphatic carbocycles. The molecule has 0 bridgehead atoms. The van der Waals surface area contributed by atoms with Crippen LogP contribution >= 0.6 is 0 Å². The second kappa shape index (κ2) is 5.12. The first-order valence-corrected chi connectivity index (χ1v) is 5.73. The van der Waals surface area contributed by atoms with Crippen LogP contribution in [0.5, 0.6) is 0 Å². The van der Waals surface area contributed by atoms with E-state index in [1.165, 1.54) is 0 Å². The molecule has 16 heavy (non-hydrogen) atoms. The molecule has 1 N–H and O–H groups in total. The summed E-state index contributed by atoms with van der Waals surface area (Å²) < 4.78 is 0. The Bertz CT molecular complexity index is 341. The van der Waals surface area contributed by atoms with Gasteiger partial charge in [0.1, 0.15) is 0 Å². The Balaban J connectivity index is 2.24. The van der Waals surface area contributed by atoms with E-state index in [-0.39, 0.29) is 5.92 Å². The van der Waals surface area contributed by atoms with Crippen molar-refractivity contribution in [3.63, 3.8) is 0 Å². The molecule has 3 heteroatoms. The van der Waals surface area contributed by atoms with Gasteiger partial charge in [-0.3, -0.25) is 0 Å². The van der Waals surface area contributed by atoms with Crippen LogP contribution < -0.4 is 0 Å². The van der Waals surface area contributed by atoms with Gasteiger partial charge in [-0.25, -0.2) is 4.79 Å². The molecule has 0 unspecified atom stereocenters. The summed E-state index contributed by atoms with van der Waals surface area (Å²) in [7, 11) is 0. The minimum Gasteiger partial charge on any atom is -0.300 e. The highest BCUT2D eigenvalue weighted by atomic mass is 17.1. The molecule has 0 heterocycles. The van der Waals surface area contributed by atoms with Gasteiger partial charge in [-0.05, 0) is 24.3 Å². The molecular weight excluding hydrogens is 204 g/mol. The first kappa shape index (κ1) is 11.1. The third-order valence-electron chi connectivity index (χ3n) is 3.37. The lowest BCUT2D eigenvalue weighted by atomic mass is 9.85. The van der Waals surface area contributed by atoms with E-state index < -0.39 is 5.97 Å². The van der Waals surface area contributed by atoms with Crippen LogP contribution in [0.15, 0.2) is 30.3 Å². The van der Waals surface area contributed by atoms with E-state index in [9.17, 15) is 4.79 Å². The van der Waals surface area contributed by atoms with Gasteiger partial charge in [-0.15, -0.1) is 0 Å². The van der Waals surface area contributed by atoms with Gasteiger partial charge < -0.3 is 4.89 Å². The molecule has 0 spiro atoms. The first-order chi connectivity index (χ1) is 7.83. The SMILES string of the molecule is O=C(OO)[C@@H](c1ccccc1)C1CCCC1. The van der Waals surface area contributed by atoms with Crippen molar-refractivity contribution in [2.75, 3.05) is 0 Å². The van der Waals surface area contributed by atoms with Gasteiger partial charge in [-0.2, -0.15) is 5.26 Å². The monoisotopic (exact) mass is 220 g/mol. The summed E-state index contributed by atoms with van der Waals surface area (Å²) in [4.78, 5) is 15.6. The molecule has 0 radical (unpaired) electrons. The van der Waals surface area contributed by atoms with Crippen LogP contribution in [0.2, 0.25) is 0 Å². The van der Waals surface area contributed by atoms with E-state index in [0.29, 0.717) is 5.92 Å². The van der Waals surface area contributed by atoms with Crippen molar-refractivity contribution in [2.45, 2.75) is 31.6 Å². The van der Waals surface area contributed by atoms with E-state index in [1.807, 2.05) is 30.3 Å². The number of hydrogen-bond donors (Lipinski definition) is 1. The number of hydrogen-bond acceptors (Lipinski definition) is 3. The van der Waals surface area contributed by atoms with Gasteiger partial charge in [0.05, 0.1) is 5.92 Å². The predicted octanol–water partition coefficient (Wildman–Crippen LogP) is 2.98. The predicted molar refractivity (Wildman–Crippen MR) is 59.9 cm³/mol. The van der Waals surface area contributed by atoms with E-state index >= 15 is 0 Å². The van der Waals surface area contributed by atoms with Gasteiger partial charge >= 0.3 is 5.97 Å². The summed E-state index contributed by atoms with van der Waals surface area (Å²) in [5, 5.41) is 8.58. The summed E-state index contributed by atoms with van der Waals surface area (Å²) in [5.41, 5.74) is 0.938. The van der Waals surface area contributed by atoms with Crippen LogP contribution in [0.25, 0.3) is 0 Å². The average Bonchev–Trinajstić information content (AvgIpc) is 2.84. The summed E-state index contributed by atoms with van der Waals surface area (Å²) in [6.45, 7) is 0. The van der Waals surface area contributed by atoms with Crippen molar-refractivity contribution in [1.29, 1.82) is 0 Å². The van der Waals surface area contributed by atoms with Crippen molar-refractivity contribution in [3.8, 4) is 0 Å². The molecule has 1 aromatic carbocycles. The Morgan fingerprint density at radius 3 is 2.44 bits per heavy atom. The Kier molecular flexibility index (Phi) is 3.57. The van der Waals surface area contributed by atoms with Gasteiger partial charge in [0.15, 0.2) is 0 Å². The van der Waals surface area contributed by atoms with E-state index in [2.05, 4.69) is 4.89 Å². The zero-order valence-corrected chi connectivity index (χ0v) is 9.13. The molecule has 1 saturated carbocycles. The molecule has 1 aromatic rings. The molecule has 1 atom stereocenters. The maximum Gasteiger partial charge on any atom is 0.349 e. The molecular formula is C13H16O3. The van der Waals surface area contributed by atoms with Gasteiger partial charge in [-0.1, -0.05) is 43.2 Å². The van der Waals surface area contributed by atoms with Crippen LogP contribution in [0, 0.1) is 5.92 Å². The van der Waals surface area contributed by atoms with Crippen molar-refractivity contribution in [2.24, 2.45) is 5.92 Å². The topological polar surface area (TPSA) is 46.5 Å². The summed E-state index contributed by atoms with van der Waals surface area (Å²) in [5.74, 6) is -0.533. The smallest absolute Gasteiger partial charge is 0.300 e. The molecule has 0 aromatic heterocycles. The largest absolute Gasteiger partial charge is 0.349 e. The molecule has 0 amide bonds. The fourth-order valence-corrected chi connectivity index (χ4v) is 2.61. The molecule has 2 rings (SSSR count). The van der Waals surface area contributed by atoms with E-state index in [4.69, 9.17) is 5.26 Å². The molecule has 0 aliphatic heterocycles. The summed E-state index contributed by atoms with van der Waals surface area (Å²) in [6.07, 6.45) is 4.39. The van der Waals surface area contributed by atoms with Crippen LogP contribution in [0.1, 0.15) is 37.2 Å². The maximum atomic E-state index is 11.6. The van der Waals surface area contributed by atoms with Crippen LogP contribution in [-0.4, -0.2) is 11.2 Å². The summed E-state index contributed by atoms with van der Waals surface area (Å²) >= 11 is 0. The lowest BCUT2D eigenvalue weighted by Gasteiger charge is -2.20. The Morgan fingerprint density at radius 2 is 1.88 bits per heavy atom. The molecule has 86 valence electrons.